The molecule has 1 rings (SSSR count). The van der Waals surface area contributed by atoms with Gasteiger partial charge in [-0.25, -0.2) is 0 Å². The molecule has 0 saturated carbocycles. The van der Waals surface area contributed by atoms with Crippen LogP contribution in [-0.2, 0) is 0 Å². The van der Waals surface area contributed by atoms with Crippen LogP contribution in [0.2, 0.25) is 0 Å². The Morgan fingerprint density at radius 2 is 2.30 bits per heavy atom. The van der Waals surface area contributed by atoms with E-state index in [-0.39, 0.29) is 5.69 Å². The molecule has 1 radical (unpaired) electrons. The molecule has 0 aliphatic carbocycles. The number of non-ortho nitro benzene ring substituents is 1. The number of benzene rings is 1. The number of nitro benzene ring substituents is 1. The van der Waals surface area contributed by atoms with E-state index in [2.05, 4.69) is 6.07 Å². The van der Waals surface area contributed by atoms with E-state index in [9.17, 15) is 10.1 Å². The maximum atomic E-state index is 10.0. The van der Waals surface area contributed by atoms with Crippen molar-refractivity contribution < 1.29 is 4.92 Å². The topological polar surface area (TPSA) is 69.2 Å². The Kier molecular flexibility index (Phi) is 1.53. The zero-order valence-electron chi connectivity index (χ0n) is 5.07. The van der Waals surface area contributed by atoms with Gasteiger partial charge in [0.1, 0.15) is 0 Å². The van der Waals surface area contributed by atoms with Crippen molar-refractivity contribution in [3.05, 3.63) is 34.4 Å². The summed E-state index contributed by atoms with van der Waals surface area (Å²) in [6.45, 7) is 0. The van der Waals surface area contributed by atoms with Gasteiger partial charge in [0, 0.05) is 11.8 Å². The van der Waals surface area contributed by atoms with Crippen LogP contribution in [0.25, 0.3) is 0 Å². The summed E-state index contributed by atoms with van der Waals surface area (Å²) in [5.41, 5.74) is 5.69. The summed E-state index contributed by atoms with van der Waals surface area (Å²) in [4.78, 5) is 9.53. The quantitative estimate of drug-likeness (QED) is 0.356. The van der Waals surface area contributed by atoms with E-state index < -0.39 is 4.92 Å². The summed E-state index contributed by atoms with van der Waals surface area (Å²) in [7, 11) is 0. The van der Waals surface area contributed by atoms with Gasteiger partial charge in [-0.05, 0) is 12.1 Å². The summed E-state index contributed by atoms with van der Waals surface area (Å²) >= 11 is 0. The fourth-order valence-corrected chi connectivity index (χ4v) is 0.542. The molecule has 0 unspecified atom stereocenters. The van der Waals surface area contributed by atoms with Gasteiger partial charge >= 0.3 is 0 Å². The molecule has 0 bridgehead atoms. The third kappa shape index (κ3) is 1.22. The van der Waals surface area contributed by atoms with Crippen molar-refractivity contribution >= 4 is 11.4 Å². The van der Waals surface area contributed by atoms with Crippen LogP contribution in [0.3, 0.4) is 0 Å². The van der Waals surface area contributed by atoms with Crippen LogP contribution in [0.4, 0.5) is 11.4 Å². The van der Waals surface area contributed by atoms with Gasteiger partial charge in [0.05, 0.1) is 11.0 Å². The van der Waals surface area contributed by atoms with Crippen molar-refractivity contribution in [2.75, 3.05) is 5.73 Å². The first kappa shape index (κ1) is 6.54. The molecular formula is C6H5N2O2. The second-order valence-corrected chi connectivity index (χ2v) is 1.76. The van der Waals surface area contributed by atoms with Crippen molar-refractivity contribution in [3.63, 3.8) is 0 Å². The van der Waals surface area contributed by atoms with Crippen molar-refractivity contribution in [3.8, 4) is 0 Å². The lowest BCUT2D eigenvalue weighted by molar-refractivity contribution is -0.385. The van der Waals surface area contributed by atoms with Crippen LogP contribution in [-0.4, -0.2) is 4.92 Å². The van der Waals surface area contributed by atoms with Gasteiger partial charge < -0.3 is 5.73 Å². The second-order valence-electron chi connectivity index (χ2n) is 1.76. The highest BCUT2D eigenvalue weighted by molar-refractivity contribution is 5.43. The number of anilines is 1. The van der Waals surface area contributed by atoms with E-state index in [1.165, 1.54) is 18.2 Å². The van der Waals surface area contributed by atoms with Gasteiger partial charge in [0.2, 0.25) is 0 Å². The van der Waals surface area contributed by atoms with Gasteiger partial charge in [-0.15, -0.1) is 0 Å². The van der Waals surface area contributed by atoms with Crippen molar-refractivity contribution in [2.24, 2.45) is 0 Å². The van der Waals surface area contributed by atoms with Crippen LogP contribution in [0.15, 0.2) is 18.2 Å². The smallest absolute Gasteiger partial charge is 0.277 e. The fraction of sp³-hybridized carbons (Fsp3) is 0. The number of nitrogens with two attached hydrogens (primary N) is 1. The molecule has 4 heteroatoms. The Bertz CT molecular complexity index is 242. The SMILES string of the molecule is Nc1c[c]c([N+](=O)[O-])cc1. The highest BCUT2D eigenvalue weighted by atomic mass is 16.6. The Labute approximate surface area is 57.4 Å². The van der Waals surface area contributed by atoms with Gasteiger partial charge in [-0.2, -0.15) is 0 Å². The molecule has 0 heterocycles. The Hall–Kier alpha value is -1.58. The molecule has 0 aliphatic rings. The number of rotatable bonds is 1. The fourth-order valence-electron chi connectivity index (χ4n) is 0.542. The number of nitrogen functional groups attached to an aromatic ring is 1. The summed E-state index contributed by atoms with van der Waals surface area (Å²) in [5, 5.41) is 10.0. The van der Waals surface area contributed by atoms with E-state index in [0.29, 0.717) is 5.69 Å². The Morgan fingerprint density at radius 1 is 1.60 bits per heavy atom. The molecule has 0 atom stereocenters. The predicted molar refractivity (Wildman–Crippen MR) is 36.3 cm³/mol. The van der Waals surface area contributed by atoms with E-state index in [1.807, 2.05) is 0 Å². The number of hydrogen-bond acceptors (Lipinski definition) is 3. The maximum absolute atomic E-state index is 10.0. The molecule has 0 saturated heterocycles. The largest absolute Gasteiger partial charge is 0.399 e. The lowest BCUT2D eigenvalue weighted by Gasteiger charge is -1.89. The average molecular weight is 137 g/mol. The van der Waals surface area contributed by atoms with Gasteiger partial charge in [-0.3, -0.25) is 10.1 Å². The average Bonchev–Trinajstić information content (AvgIpc) is 1.88. The summed E-state index contributed by atoms with van der Waals surface area (Å²) < 4.78 is 0. The monoisotopic (exact) mass is 137 g/mol. The van der Waals surface area contributed by atoms with Crippen LogP contribution in [0.5, 0.6) is 0 Å². The first-order valence-electron chi connectivity index (χ1n) is 2.62. The van der Waals surface area contributed by atoms with Crippen molar-refractivity contribution in [1.82, 2.24) is 0 Å². The van der Waals surface area contributed by atoms with E-state index in [1.54, 1.807) is 0 Å². The second kappa shape index (κ2) is 2.34. The summed E-state index contributed by atoms with van der Waals surface area (Å²) in [6.07, 6.45) is 0. The molecule has 1 aromatic carbocycles. The first-order valence-corrected chi connectivity index (χ1v) is 2.62. The molecule has 2 N–H and O–H groups in total. The highest BCUT2D eigenvalue weighted by Gasteiger charge is 2.01. The molecule has 0 spiro atoms. The molecule has 1 aromatic rings. The van der Waals surface area contributed by atoms with Crippen LogP contribution >= 0.6 is 0 Å². The number of hydrogen-bond donors (Lipinski definition) is 1. The molecule has 0 fully saturated rings. The number of nitrogens with zero attached hydrogens (tertiary/aromatic N) is 1. The standard InChI is InChI=1S/C6H5N2O2/c7-5-1-3-6(4-2-5)8(9)10/h1-3H,7H2. The molecule has 4 nitrogen and oxygen atoms in total. The van der Waals surface area contributed by atoms with Crippen LogP contribution < -0.4 is 5.73 Å². The highest BCUT2D eigenvalue weighted by Crippen LogP contribution is 2.11. The van der Waals surface area contributed by atoms with E-state index in [4.69, 9.17) is 5.73 Å². The number of nitro groups is 1. The zero-order chi connectivity index (χ0) is 7.56. The molecule has 0 aromatic heterocycles. The van der Waals surface area contributed by atoms with Gasteiger partial charge in [-0.1, -0.05) is 0 Å². The lowest BCUT2D eigenvalue weighted by atomic mass is 10.3. The lowest BCUT2D eigenvalue weighted by Crippen LogP contribution is -1.89. The third-order valence-corrected chi connectivity index (χ3v) is 1.02. The molecule has 0 amide bonds. The minimum atomic E-state index is -0.514. The molecular weight excluding hydrogens is 132 g/mol. The van der Waals surface area contributed by atoms with Crippen LogP contribution in [0.1, 0.15) is 0 Å². The van der Waals surface area contributed by atoms with Crippen LogP contribution in [0, 0.1) is 16.2 Å². The molecule has 10 heavy (non-hydrogen) atoms. The summed E-state index contributed by atoms with van der Waals surface area (Å²) in [5.74, 6) is 0. The minimum Gasteiger partial charge on any atom is -0.399 e. The zero-order valence-corrected chi connectivity index (χ0v) is 5.07. The molecule has 0 aliphatic heterocycles. The van der Waals surface area contributed by atoms with E-state index in [0.717, 1.165) is 0 Å². The Morgan fingerprint density at radius 3 is 2.70 bits per heavy atom. The predicted octanol–water partition coefficient (Wildman–Crippen LogP) is 0.977. The maximum Gasteiger partial charge on any atom is 0.277 e. The molecule has 51 valence electrons. The summed E-state index contributed by atoms with van der Waals surface area (Å²) in [6, 6.07) is 6.57. The van der Waals surface area contributed by atoms with E-state index >= 15 is 0 Å². The minimum absolute atomic E-state index is 0.0609. The van der Waals surface area contributed by atoms with Gasteiger partial charge in [0.15, 0.2) is 0 Å². The Balaban J connectivity index is 3.00. The normalized spacial score (nSPS) is 9.20. The van der Waals surface area contributed by atoms with Crippen molar-refractivity contribution in [2.45, 2.75) is 0 Å². The van der Waals surface area contributed by atoms with Crippen molar-refractivity contribution in [1.29, 1.82) is 0 Å². The van der Waals surface area contributed by atoms with Gasteiger partial charge in [0.25, 0.3) is 5.69 Å². The third-order valence-electron chi connectivity index (χ3n) is 1.02. The first-order chi connectivity index (χ1) is 4.70.